The second-order valence-electron chi connectivity index (χ2n) is 4.18. The Morgan fingerprint density at radius 1 is 1.24 bits per heavy atom. The van der Waals surface area contributed by atoms with Gasteiger partial charge in [0.05, 0.1) is 9.93 Å². The van der Waals surface area contributed by atoms with E-state index in [1.807, 2.05) is 12.1 Å². The van der Waals surface area contributed by atoms with Crippen LogP contribution in [0.1, 0.15) is 5.76 Å². The van der Waals surface area contributed by atoms with Crippen molar-refractivity contribution in [1.29, 1.82) is 0 Å². The van der Waals surface area contributed by atoms with Crippen molar-refractivity contribution in [3.63, 3.8) is 0 Å². The predicted molar refractivity (Wildman–Crippen MR) is 86.0 cm³/mol. The van der Waals surface area contributed by atoms with Gasteiger partial charge >= 0.3 is 0 Å². The Hall–Kier alpha value is -1.50. The zero-order chi connectivity index (χ0) is 15.0. The van der Waals surface area contributed by atoms with Crippen LogP contribution < -0.4 is 5.32 Å². The van der Waals surface area contributed by atoms with Gasteiger partial charge in [-0.15, -0.1) is 0 Å². The van der Waals surface area contributed by atoms with Gasteiger partial charge in [0, 0.05) is 16.1 Å². The quantitative estimate of drug-likeness (QED) is 0.763. The van der Waals surface area contributed by atoms with Crippen LogP contribution in [0.4, 0.5) is 4.79 Å². The number of furan rings is 1. The van der Waals surface area contributed by atoms with E-state index in [0.29, 0.717) is 21.4 Å². The van der Waals surface area contributed by atoms with Crippen LogP contribution in [-0.4, -0.2) is 11.1 Å². The molecule has 1 aromatic carbocycles. The molecule has 2 amide bonds. The minimum absolute atomic E-state index is 0.315. The molecule has 2 aromatic rings. The second kappa shape index (κ2) is 5.71. The minimum Gasteiger partial charge on any atom is -0.457 e. The fourth-order valence-corrected chi connectivity index (χ4v) is 2.87. The average molecular weight is 385 g/mol. The topological polar surface area (TPSA) is 59.3 Å². The second-order valence-corrected chi connectivity index (χ2v) is 6.46. The lowest BCUT2D eigenvalue weighted by molar-refractivity contribution is -0.115. The number of hydrogen-bond acceptors (Lipinski definition) is 4. The van der Waals surface area contributed by atoms with Crippen LogP contribution in [0.15, 0.2) is 44.1 Å². The summed E-state index contributed by atoms with van der Waals surface area (Å²) in [5, 5.41) is 2.40. The van der Waals surface area contributed by atoms with Crippen LogP contribution in [0.25, 0.3) is 17.4 Å². The van der Waals surface area contributed by atoms with Gasteiger partial charge in [-0.05, 0) is 52.0 Å². The molecular formula is C14H7BrClNO3S. The van der Waals surface area contributed by atoms with Gasteiger partial charge < -0.3 is 4.42 Å². The molecule has 1 N–H and O–H groups in total. The van der Waals surface area contributed by atoms with Gasteiger partial charge in [0.1, 0.15) is 11.5 Å². The summed E-state index contributed by atoms with van der Waals surface area (Å²) >= 11 is 10.2. The number of thioether (sulfide) groups is 1. The zero-order valence-corrected chi connectivity index (χ0v) is 13.5. The zero-order valence-electron chi connectivity index (χ0n) is 10.4. The summed E-state index contributed by atoms with van der Waals surface area (Å²) in [5.74, 6) is 0.719. The summed E-state index contributed by atoms with van der Waals surface area (Å²) in [6.45, 7) is 0. The first-order valence-electron chi connectivity index (χ1n) is 5.83. The highest BCUT2D eigenvalue weighted by Crippen LogP contribution is 2.31. The molecule has 1 aliphatic rings. The van der Waals surface area contributed by atoms with E-state index in [2.05, 4.69) is 21.2 Å². The van der Waals surface area contributed by atoms with Gasteiger partial charge in [-0.2, -0.15) is 0 Å². The lowest BCUT2D eigenvalue weighted by Gasteiger charge is -1.99. The van der Waals surface area contributed by atoms with Crippen molar-refractivity contribution in [2.75, 3.05) is 0 Å². The molecule has 0 aliphatic carbocycles. The summed E-state index contributed by atoms with van der Waals surface area (Å²) in [6, 6.07) is 8.99. The van der Waals surface area contributed by atoms with Crippen molar-refractivity contribution in [1.82, 2.24) is 5.32 Å². The molecule has 0 radical (unpaired) electrons. The van der Waals surface area contributed by atoms with Crippen LogP contribution in [0.3, 0.4) is 0 Å². The molecule has 2 heterocycles. The van der Waals surface area contributed by atoms with Crippen molar-refractivity contribution >= 4 is 56.5 Å². The highest BCUT2D eigenvalue weighted by Gasteiger charge is 2.25. The molecule has 7 heteroatoms. The van der Waals surface area contributed by atoms with E-state index in [4.69, 9.17) is 16.0 Å². The monoisotopic (exact) mass is 383 g/mol. The van der Waals surface area contributed by atoms with Crippen LogP contribution in [-0.2, 0) is 4.79 Å². The van der Waals surface area contributed by atoms with Crippen molar-refractivity contribution in [3.05, 3.63) is 50.5 Å². The molecular weight excluding hydrogens is 378 g/mol. The van der Waals surface area contributed by atoms with Crippen molar-refractivity contribution in [2.24, 2.45) is 0 Å². The number of hydrogen-bond donors (Lipinski definition) is 1. The molecule has 1 saturated heterocycles. The third-order valence-corrected chi connectivity index (χ3v) is 4.79. The lowest BCUT2D eigenvalue weighted by atomic mass is 10.2. The summed E-state index contributed by atoms with van der Waals surface area (Å²) < 4.78 is 6.46. The Balaban J connectivity index is 1.90. The Morgan fingerprint density at radius 2 is 2.05 bits per heavy atom. The van der Waals surface area contributed by atoms with Gasteiger partial charge in [0.25, 0.3) is 11.1 Å². The summed E-state index contributed by atoms with van der Waals surface area (Å²) in [4.78, 5) is 22.9. The molecule has 0 saturated carbocycles. The van der Waals surface area contributed by atoms with E-state index in [-0.39, 0.29) is 5.24 Å². The molecule has 1 fully saturated rings. The van der Waals surface area contributed by atoms with Crippen LogP contribution in [0.2, 0.25) is 5.02 Å². The number of halogens is 2. The third kappa shape index (κ3) is 3.07. The first-order chi connectivity index (χ1) is 10.0. The number of carbonyl (C=O) groups is 2. The van der Waals surface area contributed by atoms with Crippen molar-refractivity contribution in [3.8, 4) is 11.3 Å². The van der Waals surface area contributed by atoms with Crippen molar-refractivity contribution in [2.45, 2.75) is 0 Å². The molecule has 4 nitrogen and oxygen atoms in total. The highest BCUT2D eigenvalue weighted by molar-refractivity contribution is 9.10. The molecule has 21 heavy (non-hydrogen) atoms. The van der Waals surface area contributed by atoms with Gasteiger partial charge in [0.15, 0.2) is 0 Å². The van der Waals surface area contributed by atoms with E-state index in [9.17, 15) is 9.59 Å². The standard InChI is InChI=1S/C14H7BrClNO3S/c15-9-3-1-7(5-10(9)16)11-4-2-8(20-11)6-12-13(18)17-14(19)21-12/h1-6H,(H,17,18,19). The van der Waals surface area contributed by atoms with Gasteiger partial charge in [-0.3, -0.25) is 14.9 Å². The normalized spacial score (nSPS) is 16.6. The number of nitrogens with one attached hydrogen (secondary N) is 1. The van der Waals surface area contributed by atoms with E-state index < -0.39 is 5.91 Å². The first kappa shape index (κ1) is 14.4. The maximum Gasteiger partial charge on any atom is 0.290 e. The predicted octanol–water partition coefficient (Wildman–Crippen LogP) is 4.69. The number of rotatable bonds is 2. The Labute approximate surface area is 137 Å². The molecule has 3 rings (SSSR count). The fraction of sp³-hybridized carbons (Fsp3) is 0. The Bertz CT molecular complexity index is 784. The van der Waals surface area contributed by atoms with Crippen LogP contribution in [0, 0.1) is 0 Å². The highest BCUT2D eigenvalue weighted by atomic mass is 79.9. The smallest absolute Gasteiger partial charge is 0.290 e. The molecule has 0 unspecified atom stereocenters. The number of carbonyl (C=O) groups excluding carboxylic acids is 2. The maximum atomic E-state index is 11.5. The van der Waals surface area contributed by atoms with E-state index >= 15 is 0 Å². The molecule has 0 bridgehead atoms. The maximum absolute atomic E-state index is 11.5. The fourth-order valence-electron chi connectivity index (χ4n) is 1.79. The summed E-state index contributed by atoms with van der Waals surface area (Å²) in [6.07, 6.45) is 1.54. The molecule has 1 aromatic heterocycles. The number of benzene rings is 1. The van der Waals surface area contributed by atoms with Gasteiger partial charge in [0.2, 0.25) is 0 Å². The molecule has 0 atom stereocenters. The molecule has 0 spiro atoms. The van der Waals surface area contributed by atoms with Gasteiger partial charge in [-0.25, -0.2) is 0 Å². The number of imide groups is 1. The third-order valence-electron chi connectivity index (χ3n) is 2.75. The largest absolute Gasteiger partial charge is 0.457 e. The Kier molecular flexibility index (Phi) is 3.93. The first-order valence-corrected chi connectivity index (χ1v) is 7.82. The van der Waals surface area contributed by atoms with E-state index in [1.165, 1.54) is 6.08 Å². The SMILES string of the molecule is O=C1NC(=O)C(=Cc2ccc(-c3ccc(Br)c(Cl)c3)o2)S1. The molecule has 106 valence electrons. The van der Waals surface area contributed by atoms with E-state index in [1.54, 1.807) is 18.2 Å². The summed E-state index contributed by atoms with van der Waals surface area (Å²) in [5.41, 5.74) is 0.826. The lowest BCUT2D eigenvalue weighted by Crippen LogP contribution is -2.17. The average Bonchev–Trinajstić information content (AvgIpc) is 3.01. The van der Waals surface area contributed by atoms with Crippen LogP contribution >= 0.6 is 39.3 Å². The van der Waals surface area contributed by atoms with Crippen LogP contribution in [0.5, 0.6) is 0 Å². The van der Waals surface area contributed by atoms with Crippen molar-refractivity contribution < 1.29 is 14.0 Å². The molecule has 1 aliphatic heterocycles. The summed E-state index contributed by atoms with van der Waals surface area (Å²) in [7, 11) is 0. The van der Waals surface area contributed by atoms with Gasteiger partial charge in [-0.1, -0.05) is 17.7 Å². The number of amides is 2. The Morgan fingerprint density at radius 3 is 2.71 bits per heavy atom. The van der Waals surface area contributed by atoms with E-state index in [0.717, 1.165) is 21.8 Å². The minimum atomic E-state index is -0.408.